The molecular formula is C22H44N2OSi. The van der Waals surface area contributed by atoms with Gasteiger partial charge >= 0.3 is 0 Å². The minimum Gasteiger partial charge on any atom is -0.417 e. The van der Waals surface area contributed by atoms with Gasteiger partial charge in [0.2, 0.25) is 0 Å². The van der Waals surface area contributed by atoms with Crippen LogP contribution in [0.1, 0.15) is 86.5 Å². The molecule has 1 aliphatic rings. The lowest BCUT2D eigenvalue weighted by Gasteiger charge is -2.36. The molecule has 1 rings (SSSR count). The zero-order valence-corrected chi connectivity index (χ0v) is 19.7. The number of nitrogens with one attached hydrogen (secondary N) is 1. The van der Waals surface area contributed by atoms with Crippen LogP contribution in [0.4, 0.5) is 0 Å². The zero-order chi connectivity index (χ0) is 19.8. The van der Waals surface area contributed by atoms with Crippen molar-refractivity contribution in [3.8, 4) is 0 Å². The zero-order valence-electron chi connectivity index (χ0n) is 18.7. The van der Waals surface area contributed by atoms with Crippen molar-refractivity contribution in [1.29, 1.82) is 0 Å². The van der Waals surface area contributed by atoms with Gasteiger partial charge < -0.3 is 9.74 Å². The highest BCUT2D eigenvalue weighted by Gasteiger charge is 2.36. The Morgan fingerprint density at radius 1 is 1.08 bits per heavy atom. The van der Waals surface area contributed by atoms with Gasteiger partial charge in [0, 0.05) is 30.6 Å². The summed E-state index contributed by atoms with van der Waals surface area (Å²) in [4.78, 5) is 4.89. The molecule has 1 fully saturated rings. The van der Waals surface area contributed by atoms with Crippen LogP contribution in [0.15, 0.2) is 16.8 Å². The number of aliphatic imine (C=N–C) groups is 1. The van der Waals surface area contributed by atoms with Crippen molar-refractivity contribution < 1.29 is 4.43 Å². The average molecular weight is 381 g/mol. The normalized spacial score (nSPS) is 18.5. The Hall–Kier alpha value is -0.613. The summed E-state index contributed by atoms with van der Waals surface area (Å²) in [6.07, 6.45) is 12.9. The quantitative estimate of drug-likeness (QED) is 0.297. The molecule has 1 aliphatic carbocycles. The van der Waals surface area contributed by atoms with Crippen molar-refractivity contribution in [1.82, 2.24) is 5.32 Å². The Morgan fingerprint density at radius 3 is 2.23 bits per heavy atom. The third-order valence-electron chi connectivity index (χ3n) is 5.60. The van der Waals surface area contributed by atoms with Crippen LogP contribution in [-0.2, 0) is 4.43 Å². The number of rotatable bonds is 8. The summed E-state index contributed by atoms with van der Waals surface area (Å²) in [5.41, 5.74) is 1.38. The summed E-state index contributed by atoms with van der Waals surface area (Å²) in [5, 5.41) is 3.79. The van der Waals surface area contributed by atoms with Gasteiger partial charge in [0.15, 0.2) is 8.32 Å². The van der Waals surface area contributed by atoms with E-state index in [1.54, 1.807) is 0 Å². The minimum atomic E-state index is -1.64. The highest BCUT2D eigenvalue weighted by atomic mass is 28.4. The largest absolute Gasteiger partial charge is 0.417 e. The average Bonchev–Trinajstić information content (AvgIpc) is 2.52. The molecule has 0 aromatic rings. The van der Waals surface area contributed by atoms with Crippen LogP contribution in [-0.4, -0.2) is 32.7 Å². The molecule has 0 atom stereocenters. The maximum atomic E-state index is 6.33. The van der Waals surface area contributed by atoms with Gasteiger partial charge in [0.1, 0.15) is 0 Å². The standard InChI is InChI=1S/C22H44N2OSi/c1-21(2,3)24-18-19(17-23-20-14-10-9-11-15-20)13-12-16-25-26(7,8)22(4,5)6/h17-18,20,24H,9-16H2,1-8H3/b19-18-,23-17?. The Labute approximate surface area is 164 Å². The van der Waals surface area contributed by atoms with Crippen molar-refractivity contribution in [3.63, 3.8) is 0 Å². The summed E-state index contributed by atoms with van der Waals surface area (Å²) >= 11 is 0. The van der Waals surface area contributed by atoms with Gasteiger partial charge in [-0.1, -0.05) is 40.0 Å². The van der Waals surface area contributed by atoms with Crippen LogP contribution < -0.4 is 5.32 Å². The van der Waals surface area contributed by atoms with Crippen molar-refractivity contribution in [2.24, 2.45) is 4.99 Å². The van der Waals surface area contributed by atoms with E-state index in [4.69, 9.17) is 9.42 Å². The molecule has 26 heavy (non-hydrogen) atoms. The second kappa shape index (κ2) is 10.1. The van der Waals surface area contributed by atoms with Crippen LogP contribution >= 0.6 is 0 Å². The first-order valence-electron chi connectivity index (χ1n) is 10.5. The van der Waals surface area contributed by atoms with Crippen LogP contribution in [0, 0.1) is 0 Å². The van der Waals surface area contributed by atoms with Crippen molar-refractivity contribution in [2.75, 3.05) is 6.61 Å². The number of allylic oxidation sites excluding steroid dienone is 1. The molecule has 0 bridgehead atoms. The Bertz CT molecular complexity index is 464. The Balaban J connectivity index is 2.58. The fourth-order valence-electron chi connectivity index (χ4n) is 2.73. The van der Waals surface area contributed by atoms with E-state index >= 15 is 0 Å². The van der Waals surface area contributed by atoms with Crippen molar-refractivity contribution in [3.05, 3.63) is 11.8 Å². The van der Waals surface area contributed by atoms with E-state index in [1.165, 1.54) is 37.7 Å². The van der Waals surface area contributed by atoms with Gasteiger partial charge in [-0.3, -0.25) is 4.99 Å². The summed E-state index contributed by atoms with van der Waals surface area (Å²) < 4.78 is 6.33. The van der Waals surface area contributed by atoms with E-state index in [-0.39, 0.29) is 10.6 Å². The molecular weight excluding hydrogens is 336 g/mol. The van der Waals surface area contributed by atoms with Gasteiger partial charge in [0.05, 0.1) is 0 Å². The maximum Gasteiger partial charge on any atom is 0.191 e. The molecule has 0 unspecified atom stereocenters. The third kappa shape index (κ3) is 9.36. The number of nitrogens with zero attached hydrogens (tertiary/aromatic N) is 1. The Morgan fingerprint density at radius 2 is 1.69 bits per heavy atom. The number of hydrogen-bond donors (Lipinski definition) is 1. The molecule has 0 aromatic heterocycles. The van der Waals surface area contributed by atoms with Gasteiger partial charge in [-0.25, -0.2) is 0 Å². The van der Waals surface area contributed by atoms with Crippen molar-refractivity contribution >= 4 is 14.5 Å². The summed E-state index contributed by atoms with van der Waals surface area (Å²) in [6, 6.07) is 0.533. The third-order valence-corrected chi connectivity index (χ3v) is 10.1. The smallest absolute Gasteiger partial charge is 0.191 e. The van der Waals surface area contributed by atoms with Gasteiger partial charge in [-0.15, -0.1) is 0 Å². The molecule has 152 valence electrons. The monoisotopic (exact) mass is 380 g/mol. The molecule has 0 amide bonds. The highest BCUT2D eigenvalue weighted by Crippen LogP contribution is 2.36. The molecule has 1 N–H and O–H groups in total. The molecule has 0 saturated heterocycles. The maximum absolute atomic E-state index is 6.33. The molecule has 0 heterocycles. The van der Waals surface area contributed by atoms with E-state index in [0.29, 0.717) is 6.04 Å². The number of hydrogen-bond acceptors (Lipinski definition) is 3. The van der Waals surface area contributed by atoms with Gasteiger partial charge in [-0.2, -0.15) is 0 Å². The lowest BCUT2D eigenvalue weighted by molar-refractivity contribution is 0.283. The van der Waals surface area contributed by atoms with Crippen LogP contribution in [0.2, 0.25) is 18.1 Å². The van der Waals surface area contributed by atoms with Crippen LogP contribution in [0.25, 0.3) is 0 Å². The minimum absolute atomic E-state index is 0.0849. The lowest BCUT2D eigenvalue weighted by Crippen LogP contribution is -2.41. The van der Waals surface area contributed by atoms with E-state index in [2.05, 4.69) is 72.4 Å². The first kappa shape index (κ1) is 23.4. The molecule has 0 aromatic carbocycles. The fourth-order valence-corrected chi connectivity index (χ4v) is 3.82. The Kier molecular flexibility index (Phi) is 9.08. The predicted molar refractivity (Wildman–Crippen MR) is 119 cm³/mol. The predicted octanol–water partition coefficient (Wildman–Crippen LogP) is 6.46. The van der Waals surface area contributed by atoms with Crippen molar-refractivity contribution in [2.45, 2.75) is 116 Å². The molecule has 4 heteroatoms. The van der Waals surface area contributed by atoms with E-state index in [1.807, 2.05) is 0 Å². The second-order valence-corrected chi connectivity index (χ2v) is 15.2. The van der Waals surface area contributed by atoms with Crippen LogP contribution in [0.5, 0.6) is 0 Å². The molecule has 0 radical (unpaired) electrons. The SMILES string of the molecule is CC(C)(C)N/C=C(\C=NC1CCCCC1)CCCO[Si](C)(C)C(C)(C)C. The van der Waals surface area contributed by atoms with E-state index in [0.717, 1.165) is 19.4 Å². The van der Waals surface area contributed by atoms with Crippen LogP contribution in [0.3, 0.4) is 0 Å². The summed E-state index contributed by atoms with van der Waals surface area (Å²) in [7, 11) is -1.64. The summed E-state index contributed by atoms with van der Waals surface area (Å²) in [6.45, 7) is 19.0. The molecule has 1 saturated carbocycles. The first-order valence-corrected chi connectivity index (χ1v) is 13.5. The second-order valence-electron chi connectivity index (χ2n) is 10.4. The lowest BCUT2D eigenvalue weighted by atomic mass is 9.96. The van der Waals surface area contributed by atoms with Gasteiger partial charge in [0.25, 0.3) is 0 Å². The van der Waals surface area contributed by atoms with E-state index < -0.39 is 8.32 Å². The summed E-state index contributed by atoms with van der Waals surface area (Å²) in [5.74, 6) is 0. The molecule has 3 nitrogen and oxygen atoms in total. The van der Waals surface area contributed by atoms with Gasteiger partial charge in [-0.05, 0) is 70.2 Å². The molecule has 0 aliphatic heterocycles. The van der Waals surface area contributed by atoms with E-state index in [9.17, 15) is 0 Å². The first-order chi connectivity index (χ1) is 11.9. The topological polar surface area (TPSA) is 33.6 Å². The molecule has 0 spiro atoms. The highest BCUT2D eigenvalue weighted by molar-refractivity contribution is 6.74. The fraction of sp³-hybridized carbons (Fsp3) is 0.864.